The number of aromatic hydroxyl groups is 1. The number of carbonyl (C=O) groups excluding carboxylic acids is 2. The zero-order valence-electron chi connectivity index (χ0n) is 20.5. The molecule has 0 aliphatic carbocycles. The topological polar surface area (TPSA) is 122 Å². The summed E-state index contributed by atoms with van der Waals surface area (Å²) in [5, 5.41) is 23.3. The number of nitro groups is 1. The van der Waals surface area contributed by atoms with E-state index in [1.807, 2.05) is 19.1 Å². The number of carbonyl (C=O) groups is 2. The van der Waals surface area contributed by atoms with Crippen LogP contribution in [0.5, 0.6) is 11.5 Å². The minimum atomic E-state index is -1.15. The van der Waals surface area contributed by atoms with Gasteiger partial charge < -0.3 is 9.84 Å². The Morgan fingerprint density at radius 1 is 1.05 bits per heavy atom. The first-order valence-electron chi connectivity index (χ1n) is 12.1. The van der Waals surface area contributed by atoms with Crippen LogP contribution in [0.1, 0.15) is 31.0 Å². The summed E-state index contributed by atoms with van der Waals surface area (Å²) in [6.07, 6.45) is -0.338. The molecule has 196 valence electrons. The van der Waals surface area contributed by atoms with Gasteiger partial charge in [0.2, 0.25) is 5.91 Å². The molecule has 0 radical (unpaired) electrons. The van der Waals surface area contributed by atoms with Gasteiger partial charge in [0.05, 0.1) is 33.4 Å². The molecule has 0 unspecified atom stereocenters. The van der Waals surface area contributed by atoms with Gasteiger partial charge in [-0.3, -0.25) is 24.5 Å². The van der Waals surface area contributed by atoms with Crippen molar-refractivity contribution in [2.24, 2.45) is 5.92 Å². The Hall–Kier alpha value is -3.96. The van der Waals surface area contributed by atoms with Crippen molar-refractivity contribution >= 4 is 44.8 Å². The largest absolute Gasteiger partial charge is 0.503 e. The number of ether oxygens (including phenoxy) is 1. The minimum Gasteiger partial charge on any atom is -0.503 e. The Kier molecular flexibility index (Phi) is 6.80. The van der Waals surface area contributed by atoms with E-state index in [2.05, 4.69) is 15.9 Å². The summed E-state index contributed by atoms with van der Waals surface area (Å²) in [7, 11) is 0. The van der Waals surface area contributed by atoms with Gasteiger partial charge in [0.25, 0.3) is 11.6 Å². The highest BCUT2D eigenvalue weighted by atomic mass is 79.9. The molecule has 2 aliphatic heterocycles. The van der Waals surface area contributed by atoms with Crippen LogP contribution in [0.2, 0.25) is 0 Å². The maximum atomic E-state index is 13.8. The molecule has 3 aromatic rings. The molecule has 2 saturated heterocycles. The molecule has 2 heterocycles. The molecule has 0 saturated carbocycles. The van der Waals surface area contributed by atoms with Crippen LogP contribution in [0.25, 0.3) is 0 Å². The standard InChI is InChI=1S/C27H24BrN3O7/c1-3-15-8-10-17(11-9-15)29-26(33)22-23(16-12-20(28)24(32)21(13-16)37-4-2)30(38-25(22)27(29)34)18-6-5-7-19(14-18)31(35)36/h5-14,22-23,25,32H,3-4H2,1-2H3/t22-,23+,25-/m0/s1. The average Bonchev–Trinajstić information content (AvgIpc) is 3.42. The zero-order chi connectivity index (χ0) is 27.1. The minimum absolute atomic E-state index is 0.112. The number of benzene rings is 3. The van der Waals surface area contributed by atoms with E-state index in [1.54, 1.807) is 37.3 Å². The lowest BCUT2D eigenvalue weighted by Crippen LogP contribution is -2.37. The summed E-state index contributed by atoms with van der Waals surface area (Å²) in [5.41, 5.74) is 2.16. The average molecular weight is 582 g/mol. The number of phenolic OH excluding ortho intramolecular Hbond substituents is 1. The lowest BCUT2D eigenvalue weighted by Gasteiger charge is -2.29. The van der Waals surface area contributed by atoms with Crippen molar-refractivity contribution in [3.05, 3.63) is 86.4 Å². The first-order chi connectivity index (χ1) is 18.2. The van der Waals surface area contributed by atoms with Gasteiger partial charge in [-0.25, -0.2) is 9.96 Å². The number of amides is 2. The van der Waals surface area contributed by atoms with Crippen molar-refractivity contribution < 1.29 is 29.2 Å². The number of anilines is 2. The van der Waals surface area contributed by atoms with Crippen molar-refractivity contribution in [3.8, 4) is 11.5 Å². The second-order valence-electron chi connectivity index (χ2n) is 8.91. The number of fused-ring (bicyclic) bond motifs is 1. The Balaban J connectivity index is 1.62. The van der Waals surface area contributed by atoms with Crippen LogP contribution in [0.3, 0.4) is 0 Å². The van der Waals surface area contributed by atoms with Gasteiger partial charge in [-0.1, -0.05) is 25.1 Å². The molecule has 2 fully saturated rings. The van der Waals surface area contributed by atoms with Gasteiger partial charge in [-0.05, 0) is 70.7 Å². The van der Waals surface area contributed by atoms with Gasteiger partial charge in [0.15, 0.2) is 17.6 Å². The van der Waals surface area contributed by atoms with Gasteiger partial charge in [0, 0.05) is 12.1 Å². The van der Waals surface area contributed by atoms with Crippen LogP contribution in [-0.2, 0) is 20.8 Å². The van der Waals surface area contributed by atoms with Gasteiger partial charge >= 0.3 is 0 Å². The highest BCUT2D eigenvalue weighted by Gasteiger charge is 2.60. The van der Waals surface area contributed by atoms with Crippen LogP contribution >= 0.6 is 15.9 Å². The summed E-state index contributed by atoms with van der Waals surface area (Å²) in [6, 6.07) is 15.3. The molecule has 11 heteroatoms. The lowest BCUT2D eigenvalue weighted by atomic mass is 9.90. The molecule has 0 bridgehead atoms. The predicted octanol–water partition coefficient (Wildman–Crippen LogP) is 5.08. The number of hydroxylamine groups is 1. The third kappa shape index (κ3) is 4.27. The van der Waals surface area contributed by atoms with Crippen molar-refractivity contribution in [1.29, 1.82) is 0 Å². The Morgan fingerprint density at radius 3 is 2.45 bits per heavy atom. The number of hydrogen-bond acceptors (Lipinski definition) is 8. The predicted molar refractivity (Wildman–Crippen MR) is 142 cm³/mol. The lowest BCUT2D eigenvalue weighted by molar-refractivity contribution is -0.384. The number of nitrogens with zero attached hydrogens (tertiary/aromatic N) is 3. The fraction of sp³-hybridized carbons (Fsp3) is 0.259. The Labute approximate surface area is 226 Å². The first-order valence-corrected chi connectivity index (χ1v) is 12.9. The normalized spacial score (nSPS) is 20.7. The van der Waals surface area contributed by atoms with Crippen LogP contribution in [0.15, 0.2) is 65.1 Å². The number of aryl methyl sites for hydroxylation is 1. The molecule has 2 aliphatic rings. The van der Waals surface area contributed by atoms with Crippen LogP contribution in [0.4, 0.5) is 17.1 Å². The summed E-state index contributed by atoms with van der Waals surface area (Å²) in [5.74, 6) is -1.87. The summed E-state index contributed by atoms with van der Waals surface area (Å²) >= 11 is 3.34. The highest BCUT2D eigenvalue weighted by Crippen LogP contribution is 2.50. The molecule has 38 heavy (non-hydrogen) atoms. The van der Waals surface area contributed by atoms with E-state index in [9.17, 15) is 24.8 Å². The molecule has 0 spiro atoms. The first kappa shape index (κ1) is 25.7. The van der Waals surface area contributed by atoms with E-state index < -0.39 is 34.8 Å². The number of hydrogen-bond donors (Lipinski definition) is 1. The summed E-state index contributed by atoms with van der Waals surface area (Å²) in [6.45, 7) is 4.06. The van der Waals surface area contributed by atoms with E-state index >= 15 is 0 Å². The van der Waals surface area contributed by atoms with Crippen LogP contribution in [-0.4, -0.2) is 34.6 Å². The van der Waals surface area contributed by atoms with Crippen LogP contribution in [0, 0.1) is 16.0 Å². The fourth-order valence-corrected chi connectivity index (χ4v) is 5.35. The maximum Gasteiger partial charge on any atom is 0.271 e. The molecule has 3 atom stereocenters. The molecular weight excluding hydrogens is 558 g/mol. The number of halogens is 1. The third-order valence-electron chi connectivity index (χ3n) is 6.71. The van der Waals surface area contributed by atoms with E-state index in [1.165, 1.54) is 23.3 Å². The third-order valence-corrected chi connectivity index (χ3v) is 7.31. The van der Waals surface area contributed by atoms with E-state index in [0.717, 1.165) is 16.9 Å². The molecule has 2 amide bonds. The number of imide groups is 1. The highest BCUT2D eigenvalue weighted by molar-refractivity contribution is 9.10. The van der Waals surface area contributed by atoms with Crippen molar-refractivity contribution in [3.63, 3.8) is 0 Å². The zero-order valence-corrected chi connectivity index (χ0v) is 22.1. The quantitative estimate of drug-likeness (QED) is 0.233. The molecule has 0 aromatic heterocycles. The number of rotatable bonds is 7. The molecule has 3 aromatic carbocycles. The number of nitro benzene ring substituents is 1. The van der Waals surface area contributed by atoms with Crippen molar-refractivity contribution in [2.45, 2.75) is 32.4 Å². The van der Waals surface area contributed by atoms with Gasteiger partial charge in [-0.2, -0.15) is 0 Å². The molecule has 5 rings (SSSR count). The van der Waals surface area contributed by atoms with Crippen molar-refractivity contribution in [2.75, 3.05) is 16.6 Å². The van der Waals surface area contributed by atoms with Gasteiger partial charge in [0.1, 0.15) is 5.92 Å². The van der Waals surface area contributed by atoms with Gasteiger partial charge in [-0.15, -0.1) is 0 Å². The Bertz CT molecular complexity index is 1430. The fourth-order valence-electron chi connectivity index (χ4n) is 4.89. The molecule has 10 nitrogen and oxygen atoms in total. The SMILES string of the molecule is CCOc1cc([C@@H]2[C@@H]3C(=O)N(c4ccc(CC)cc4)C(=O)[C@H]3ON2c2cccc([N+](=O)[O-])c2)cc(Br)c1O. The number of non-ortho nitro benzene ring substituents is 1. The number of phenols is 1. The second-order valence-corrected chi connectivity index (χ2v) is 9.77. The molecule has 1 N–H and O–H groups in total. The van der Waals surface area contributed by atoms with Crippen molar-refractivity contribution in [1.82, 2.24) is 0 Å². The molecular formula is C27H24BrN3O7. The van der Waals surface area contributed by atoms with E-state index in [0.29, 0.717) is 21.4 Å². The van der Waals surface area contributed by atoms with E-state index in [4.69, 9.17) is 9.57 Å². The smallest absolute Gasteiger partial charge is 0.271 e. The monoisotopic (exact) mass is 581 g/mol. The summed E-state index contributed by atoms with van der Waals surface area (Å²) in [4.78, 5) is 45.5. The Morgan fingerprint density at radius 2 is 1.79 bits per heavy atom. The van der Waals surface area contributed by atoms with E-state index in [-0.39, 0.29) is 23.8 Å². The maximum absolute atomic E-state index is 13.8. The second kappa shape index (κ2) is 10.1. The van der Waals surface area contributed by atoms with Crippen LogP contribution < -0.4 is 14.7 Å². The summed E-state index contributed by atoms with van der Waals surface area (Å²) < 4.78 is 5.91.